The van der Waals surface area contributed by atoms with E-state index in [0.29, 0.717) is 11.7 Å². The Morgan fingerprint density at radius 1 is 1.20 bits per heavy atom. The van der Waals surface area contributed by atoms with Crippen LogP contribution in [-0.2, 0) is 6.54 Å². The molecular weight excluding hydrogens is 270 g/mol. The molecule has 1 heterocycles. The molecule has 1 N–H and O–H groups in total. The van der Waals surface area contributed by atoms with Crippen molar-refractivity contribution in [2.75, 3.05) is 6.54 Å². The van der Waals surface area contributed by atoms with E-state index in [1.165, 1.54) is 11.3 Å². The summed E-state index contributed by atoms with van der Waals surface area (Å²) in [6.07, 6.45) is 4.73. The molecular formula is C17H22ClNO. The second-order valence-corrected chi connectivity index (χ2v) is 6.34. The van der Waals surface area contributed by atoms with Crippen molar-refractivity contribution in [3.05, 3.63) is 59.5 Å². The van der Waals surface area contributed by atoms with Crippen molar-refractivity contribution in [2.24, 2.45) is 11.3 Å². The Hall–Kier alpha value is -1.41. The van der Waals surface area contributed by atoms with Crippen LogP contribution >= 0.6 is 12.4 Å². The standard InChI is InChI=1S/C17H21NO.ClH/c1-17(2)12-18(11-13-6-4-3-5-7-13)16-9-8-14(19)10-15(16)17;/h3-9,15,19H,10-12H2,1-2H3;1H. The van der Waals surface area contributed by atoms with Crippen molar-refractivity contribution in [1.82, 2.24) is 4.90 Å². The number of likely N-dealkylation sites (tertiary alicyclic amines) is 1. The number of allylic oxidation sites excluding steroid dienone is 4. The first-order valence-corrected chi connectivity index (χ1v) is 6.95. The number of hydrogen-bond acceptors (Lipinski definition) is 2. The van der Waals surface area contributed by atoms with E-state index < -0.39 is 0 Å². The predicted octanol–water partition coefficient (Wildman–Crippen LogP) is 4.30. The number of benzene rings is 1. The fraction of sp³-hybridized carbons (Fsp3) is 0.412. The summed E-state index contributed by atoms with van der Waals surface area (Å²) in [5.41, 5.74) is 2.95. The van der Waals surface area contributed by atoms with Crippen LogP contribution in [0.4, 0.5) is 0 Å². The number of rotatable bonds is 2. The maximum Gasteiger partial charge on any atom is 0.0930 e. The molecule has 1 aromatic rings. The van der Waals surface area contributed by atoms with Crippen LogP contribution in [0.2, 0.25) is 0 Å². The first kappa shape index (κ1) is 15.0. The Morgan fingerprint density at radius 3 is 2.60 bits per heavy atom. The lowest BCUT2D eigenvalue weighted by atomic mass is 9.77. The summed E-state index contributed by atoms with van der Waals surface area (Å²) in [5.74, 6) is 0.963. The van der Waals surface area contributed by atoms with Crippen LogP contribution in [0.1, 0.15) is 25.8 Å². The number of aliphatic hydroxyl groups is 1. The molecule has 1 atom stereocenters. The molecule has 2 aliphatic rings. The molecule has 0 bridgehead atoms. The minimum Gasteiger partial charge on any atom is -0.512 e. The van der Waals surface area contributed by atoms with Gasteiger partial charge in [-0.2, -0.15) is 0 Å². The minimum absolute atomic E-state index is 0. The van der Waals surface area contributed by atoms with Crippen molar-refractivity contribution < 1.29 is 5.11 Å². The lowest BCUT2D eigenvalue weighted by molar-refractivity contribution is 0.248. The van der Waals surface area contributed by atoms with Crippen molar-refractivity contribution in [3.8, 4) is 0 Å². The fourth-order valence-electron chi connectivity index (χ4n) is 3.33. The lowest BCUT2D eigenvalue weighted by Crippen LogP contribution is -2.23. The Kier molecular flexibility index (Phi) is 4.14. The highest BCUT2D eigenvalue weighted by Crippen LogP contribution is 2.47. The molecule has 1 aliphatic heterocycles. The average Bonchev–Trinajstić information content (AvgIpc) is 2.62. The van der Waals surface area contributed by atoms with Gasteiger partial charge in [-0.25, -0.2) is 0 Å². The molecule has 0 radical (unpaired) electrons. The van der Waals surface area contributed by atoms with Crippen LogP contribution in [0.3, 0.4) is 0 Å². The quantitative estimate of drug-likeness (QED) is 0.878. The summed E-state index contributed by atoms with van der Waals surface area (Å²) in [7, 11) is 0. The zero-order chi connectivity index (χ0) is 13.5. The van der Waals surface area contributed by atoms with E-state index >= 15 is 0 Å². The summed E-state index contributed by atoms with van der Waals surface area (Å²) < 4.78 is 0. The largest absolute Gasteiger partial charge is 0.512 e. The predicted molar refractivity (Wildman–Crippen MR) is 84.8 cm³/mol. The number of fused-ring (bicyclic) bond motifs is 1. The van der Waals surface area contributed by atoms with E-state index in [4.69, 9.17) is 0 Å². The maximum atomic E-state index is 9.76. The molecule has 0 spiro atoms. The molecule has 2 nitrogen and oxygen atoms in total. The topological polar surface area (TPSA) is 23.5 Å². The van der Waals surface area contributed by atoms with E-state index in [2.05, 4.69) is 55.2 Å². The van der Waals surface area contributed by atoms with Gasteiger partial charge >= 0.3 is 0 Å². The third kappa shape index (κ3) is 2.71. The number of nitrogens with zero attached hydrogens (tertiary/aromatic N) is 1. The van der Waals surface area contributed by atoms with Gasteiger partial charge < -0.3 is 10.0 Å². The van der Waals surface area contributed by atoms with Crippen molar-refractivity contribution in [3.63, 3.8) is 0 Å². The molecule has 1 saturated heterocycles. The smallest absolute Gasteiger partial charge is 0.0930 e. The maximum absolute atomic E-state index is 9.76. The Bertz CT molecular complexity index is 533. The molecule has 1 unspecified atom stereocenters. The Labute approximate surface area is 127 Å². The number of halogens is 1. The molecule has 108 valence electrons. The normalized spacial score (nSPS) is 23.5. The van der Waals surface area contributed by atoms with E-state index in [1.54, 1.807) is 0 Å². The summed E-state index contributed by atoms with van der Waals surface area (Å²) in [5, 5.41) is 9.76. The van der Waals surface area contributed by atoms with E-state index in [-0.39, 0.29) is 17.8 Å². The zero-order valence-corrected chi connectivity index (χ0v) is 12.9. The zero-order valence-electron chi connectivity index (χ0n) is 12.0. The van der Waals surface area contributed by atoms with Gasteiger partial charge in [-0.3, -0.25) is 0 Å². The summed E-state index contributed by atoms with van der Waals surface area (Å²) >= 11 is 0. The molecule has 0 aromatic heterocycles. The SMILES string of the molecule is CC1(C)CN(Cc2ccccc2)C2=CC=C(O)CC21.Cl. The van der Waals surface area contributed by atoms with Crippen molar-refractivity contribution in [2.45, 2.75) is 26.8 Å². The molecule has 1 aliphatic carbocycles. The Morgan fingerprint density at radius 2 is 1.90 bits per heavy atom. The van der Waals surface area contributed by atoms with Crippen molar-refractivity contribution in [1.29, 1.82) is 0 Å². The van der Waals surface area contributed by atoms with Gasteiger partial charge in [0, 0.05) is 31.1 Å². The van der Waals surface area contributed by atoms with Crippen LogP contribution in [-0.4, -0.2) is 16.6 Å². The molecule has 3 heteroatoms. The van der Waals surface area contributed by atoms with Crippen molar-refractivity contribution >= 4 is 12.4 Å². The second kappa shape index (κ2) is 5.53. The molecule has 20 heavy (non-hydrogen) atoms. The highest BCUT2D eigenvalue weighted by atomic mass is 35.5. The van der Waals surface area contributed by atoms with Gasteiger partial charge in [-0.1, -0.05) is 44.2 Å². The van der Waals surface area contributed by atoms with Gasteiger partial charge in [0.15, 0.2) is 0 Å². The van der Waals surface area contributed by atoms with E-state index in [1.807, 2.05) is 6.08 Å². The van der Waals surface area contributed by atoms with Gasteiger partial charge in [0.1, 0.15) is 0 Å². The first-order chi connectivity index (χ1) is 9.06. The molecule has 3 rings (SSSR count). The third-order valence-corrected chi connectivity index (χ3v) is 4.34. The molecule has 0 amide bonds. The lowest BCUT2D eigenvalue weighted by Gasteiger charge is -2.27. The van der Waals surface area contributed by atoms with Crippen LogP contribution in [0.5, 0.6) is 0 Å². The van der Waals surface area contributed by atoms with Gasteiger partial charge in [-0.05, 0) is 23.1 Å². The summed E-state index contributed by atoms with van der Waals surface area (Å²) in [6.45, 7) is 6.62. The number of hydrogen-bond donors (Lipinski definition) is 1. The molecule has 1 aromatic carbocycles. The highest BCUT2D eigenvalue weighted by Gasteiger charge is 2.43. The first-order valence-electron chi connectivity index (χ1n) is 6.95. The van der Waals surface area contributed by atoms with Crippen LogP contribution < -0.4 is 0 Å². The number of aliphatic hydroxyl groups excluding tert-OH is 1. The van der Waals surface area contributed by atoms with E-state index in [0.717, 1.165) is 19.5 Å². The van der Waals surface area contributed by atoms with Crippen LogP contribution in [0.15, 0.2) is 53.9 Å². The summed E-state index contributed by atoms with van der Waals surface area (Å²) in [6, 6.07) is 10.6. The fourth-order valence-corrected chi connectivity index (χ4v) is 3.33. The summed E-state index contributed by atoms with van der Waals surface area (Å²) in [4.78, 5) is 2.46. The van der Waals surface area contributed by atoms with Gasteiger partial charge in [-0.15, -0.1) is 12.4 Å². The highest BCUT2D eigenvalue weighted by molar-refractivity contribution is 5.85. The van der Waals surface area contributed by atoms with Gasteiger partial charge in [0.05, 0.1) is 5.76 Å². The second-order valence-electron chi connectivity index (χ2n) is 6.34. The monoisotopic (exact) mass is 291 g/mol. The average molecular weight is 292 g/mol. The Balaban J connectivity index is 0.00000147. The molecule has 1 fully saturated rings. The molecule has 0 saturated carbocycles. The van der Waals surface area contributed by atoms with Gasteiger partial charge in [0.2, 0.25) is 0 Å². The van der Waals surface area contributed by atoms with Gasteiger partial charge in [0.25, 0.3) is 0 Å². The van der Waals surface area contributed by atoms with E-state index in [9.17, 15) is 5.11 Å². The van der Waals surface area contributed by atoms with Crippen LogP contribution in [0.25, 0.3) is 0 Å². The van der Waals surface area contributed by atoms with Crippen LogP contribution in [0, 0.1) is 11.3 Å². The third-order valence-electron chi connectivity index (χ3n) is 4.34. The minimum atomic E-state index is 0.